The molecule has 2 amide bonds. The number of hydrogen-bond donors (Lipinski definition) is 2. The first-order valence-electron chi connectivity index (χ1n) is 7.26. The lowest BCUT2D eigenvalue weighted by Gasteiger charge is -2.15. The molecule has 9 heteroatoms. The van der Waals surface area contributed by atoms with Crippen LogP contribution < -0.4 is 15.4 Å². The average molecular weight is 377 g/mol. The normalized spacial score (nSPS) is 17.8. The summed E-state index contributed by atoms with van der Waals surface area (Å²) in [5.74, 6) is -0.380. The molecule has 1 fully saturated rings. The first kappa shape index (κ1) is 17.5. The van der Waals surface area contributed by atoms with Crippen LogP contribution >= 0.6 is 11.8 Å². The first-order valence-corrected chi connectivity index (χ1v) is 9.69. The van der Waals surface area contributed by atoms with E-state index in [0.717, 1.165) is 22.2 Å². The molecule has 2 aromatic carbocycles. The van der Waals surface area contributed by atoms with Gasteiger partial charge < -0.3 is 5.32 Å². The van der Waals surface area contributed by atoms with E-state index < -0.39 is 15.4 Å². The number of carbonyl (C=O) groups excluding carboxylic acids is 2. The van der Waals surface area contributed by atoms with Crippen molar-refractivity contribution >= 4 is 44.3 Å². The molecule has 1 saturated heterocycles. The summed E-state index contributed by atoms with van der Waals surface area (Å²) >= 11 is 0.869. The van der Waals surface area contributed by atoms with Crippen LogP contribution in [0.4, 0.5) is 16.2 Å². The molecule has 1 aliphatic heterocycles. The van der Waals surface area contributed by atoms with Crippen molar-refractivity contribution in [2.24, 2.45) is 5.14 Å². The molecule has 1 atom stereocenters. The summed E-state index contributed by atoms with van der Waals surface area (Å²) in [6, 6.07) is 12.7. The van der Waals surface area contributed by atoms with Crippen LogP contribution in [0.3, 0.4) is 0 Å². The first-order chi connectivity index (χ1) is 11.8. The second-order valence-electron chi connectivity index (χ2n) is 5.49. The van der Waals surface area contributed by atoms with Crippen molar-refractivity contribution in [1.82, 2.24) is 0 Å². The third-order valence-electron chi connectivity index (χ3n) is 3.62. The minimum absolute atomic E-state index is 0.0270. The van der Waals surface area contributed by atoms with Gasteiger partial charge in [0.05, 0.1) is 10.6 Å². The molecule has 1 aliphatic rings. The van der Waals surface area contributed by atoms with Gasteiger partial charge in [-0.2, -0.15) is 0 Å². The monoisotopic (exact) mass is 377 g/mol. The van der Waals surface area contributed by atoms with Crippen molar-refractivity contribution in [2.45, 2.75) is 17.2 Å². The highest BCUT2D eigenvalue weighted by Gasteiger charge is 2.40. The Labute approximate surface area is 149 Å². The molecule has 3 rings (SSSR count). The minimum atomic E-state index is -3.78. The molecule has 3 N–H and O–H groups in total. The van der Waals surface area contributed by atoms with Gasteiger partial charge in [0.15, 0.2) is 5.37 Å². The van der Waals surface area contributed by atoms with E-state index in [1.807, 2.05) is 19.1 Å². The number of carbonyl (C=O) groups is 2. The van der Waals surface area contributed by atoms with E-state index in [1.54, 1.807) is 12.1 Å². The molecule has 0 bridgehead atoms. The van der Waals surface area contributed by atoms with Crippen molar-refractivity contribution in [2.75, 3.05) is 10.2 Å². The second-order valence-corrected chi connectivity index (χ2v) is 8.10. The zero-order valence-electron chi connectivity index (χ0n) is 13.2. The van der Waals surface area contributed by atoms with Crippen molar-refractivity contribution in [3.8, 4) is 0 Å². The number of hydrogen-bond acceptors (Lipinski definition) is 6. The number of aryl methyl sites for hydroxylation is 1. The number of rotatable bonds is 4. The molecule has 0 aromatic heterocycles. The molecule has 0 spiro atoms. The summed E-state index contributed by atoms with van der Waals surface area (Å²) in [4.78, 5) is 25.8. The SMILES string of the molecule is Cc1ccc(N2C(=O)S[C@@H](Nc3ccc(S(N)(=O)=O)cc3)C2=O)cc1. The number of sulfonamides is 1. The predicted octanol–water partition coefficient (Wildman–Crippen LogP) is 2.28. The number of imide groups is 1. The molecule has 25 heavy (non-hydrogen) atoms. The van der Waals surface area contributed by atoms with Gasteiger partial charge >= 0.3 is 0 Å². The number of amides is 2. The maximum absolute atomic E-state index is 12.5. The summed E-state index contributed by atoms with van der Waals surface area (Å²) in [6.07, 6.45) is 0. The van der Waals surface area contributed by atoms with E-state index in [2.05, 4.69) is 5.32 Å². The van der Waals surface area contributed by atoms with E-state index in [1.165, 1.54) is 24.3 Å². The lowest BCUT2D eigenvalue weighted by atomic mass is 10.2. The van der Waals surface area contributed by atoms with Crippen molar-refractivity contribution < 1.29 is 18.0 Å². The third kappa shape index (κ3) is 3.68. The molecular weight excluding hydrogens is 362 g/mol. The zero-order chi connectivity index (χ0) is 18.2. The van der Waals surface area contributed by atoms with Crippen LogP contribution in [-0.2, 0) is 14.8 Å². The fourth-order valence-electron chi connectivity index (χ4n) is 2.32. The largest absolute Gasteiger partial charge is 0.365 e. The molecule has 7 nitrogen and oxygen atoms in total. The van der Waals surface area contributed by atoms with Gasteiger partial charge in [-0.3, -0.25) is 9.59 Å². The molecule has 0 saturated carbocycles. The van der Waals surface area contributed by atoms with Crippen LogP contribution in [0.5, 0.6) is 0 Å². The van der Waals surface area contributed by atoms with Crippen molar-refractivity contribution in [1.29, 1.82) is 0 Å². The maximum atomic E-state index is 12.5. The van der Waals surface area contributed by atoms with E-state index >= 15 is 0 Å². The quantitative estimate of drug-likeness (QED) is 0.846. The molecule has 0 aliphatic carbocycles. The number of nitrogens with one attached hydrogen (secondary N) is 1. The van der Waals surface area contributed by atoms with Crippen LogP contribution in [-0.4, -0.2) is 24.9 Å². The third-order valence-corrected chi connectivity index (χ3v) is 5.49. The lowest BCUT2D eigenvalue weighted by molar-refractivity contribution is -0.116. The van der Waals surface area contributed by atoms with Crippen molar-refractivity contribution in [3.05, 3.63) is 54.1 Å². The maximum Gasteiger partial charge on any atom is 0.295 e. The Kier molecular flexibility index (Phi) is 4.55. The smallest absolute Gasteiger partial charge is 0.295 e. The highest BCUT2D eigenvalue weighted by atomic mass is 32.2. The zero-order valence-corrected chi connectivity index (χ0v) is 14.8. The fourth-order valence-corrected chi connectivity index (χ4v) is 3.74. The highest BCUT2D eigenvalue weighted by molar-refractivity contribution is 8.16. The molecule has 130 valence electrons. The topological polar surface area (TPSA) is 110 Å². The summed E-state index contributed by atoms with van der Waals surface area (Å²) in [5.41, 5.74) is 2.05. The van der Waals surface area contributed by atoms with E-state index in [0.29, 0.717) is 11.4 Å². The van der Waals surface area contributed by atoms with Crippen LogP contribution in [0.2, 0.25) is 0 Å². The second kappa shape index (κ2) is 6.51. The van der Waals surface area contributed by atoms with Crippen LogP contribution in [0.25, 0.3) is 0 Å². The number of benzene rings is 2. The Bertz CT molecular complexity index is 925. The summed E-state index contributed by atoms with van der Waals surface area (Å²) in [5, 5.41) is 6.82. The van der Waals surface area contributed by atoms with Gasteiger partial charge in [0, 0.05) is 5.69 Å². The van der Waals surface area contributed by atoms with E-state index in [-0.39, 0.29) is 16.0 Å². The average Bonchev–Trinajstić information content (AvgIpc) is 2.82. The lowest BCUT2D eigenvalue weighted by Crippen LogP contribution is -2.34. The minimum Gasteiger partial charge on any atom is -0.365 e. The number of nitrogens with two attached hydrogens (primary N) is 1. The Balaban J connectivity index is 1.77. The number of thioether (sulfide) groups is 1. The van der Waals surface area contributed by atoms with Crippen LogP contribution in [0.15, 0.2) is 53.4 Å². The predicted molar refractivity (Wildman–Crippen MR) is 96.9 cm³/mol. The van der Waals surface area contributed by atoms with Gasteiger partial charge in [0.2, 0.25) is 10.0 Å². The van der Waals surface area contributed by atoms with Crippen LogP contribution in [0, 0.1) is 6.92 Å². The van der Waals surface area contributed by atoms with Gasteiger partial charge in [-0.25, -0.2) is 18.5 Å². The fraction of sp³-hybridized carbons (Fsp3) is 0.125. The molecule has 2 aromatic rings. The summed E-state index contributed by atoms with van der Waals surface area (Å²) in [6.45, 7) is 1.92. The van der Waals surface area contributed by atoms with Gasteiger partial charge in [0.1, 0.15) is 0 Å². The molecule has 1 heterocycles. The summed E-state index contributed by atoms with van der Waals surface area (Å²) in [7, 11) is -3.78. The Hall–Kier alpha value is -2.36. The Morgan fingerprint density at radius 1 is 1.04 bits per heavy atom. The number of nitrogens with zero attached hydrogens (tertiary/aromatic N) is 1. The molecule has 0 radical (unpaired) electrons. The van der Waals surface area contributed by atoms with Gasteiger partial charge in [-0.1, -0.05) is 17.7 Å². The van der Waals surface area contributed by atoms with Crippen LogP contribution in [0.1, 0.15) is 5.56 Å². The van der Waals surface area contributed by atoms with E-state index in [9.17, 15) is 18.0 Å². The van der Waals surface area contributed by atoms with Gasteiger partial charge in [-0.05, 0) is 55.1 Å². The molecule has 0 unspecified atom stereocenters. The van der Waals surface area contributed by atoms with Gasteiger partial charge in [0.25, 0.3) is 11.1 Å². The molecular formula is C16H15N3O4S2. The number of primary sulfonamides is 1. The Morgan fingerprint density at radius 3 is 2.20 bits per heavy atom. The van der Waals surface area contributed by atoms with Gasteiger partial charge in [-0.15, -0.1) is 0 Å². The van der Waals surface area contributed by atoms with Crippen molar-refractivity contribution in [3.63, 3.8) is 0 Å². The van der Waals surface area contributed by atoms with E-state index in [4.69, 9.17) is 5.14 Å². The Morgan fingerprint density at radius 2 is 1.64 bits per heavy atom. The highest BCUT2D eigenvalue weighted by Crippen LogP contribution is 2.32. The number of anilines is 2. The summed E-state index contributed by atoms with van der Waals surface area (Å²) < 4.78 is 22.5. The standard InChI is InChI=1S/C16H15N3O4S2/c1-10-2-6-12(7-3-10)19-15(20)14(24-16(19)21)18-11-4-8-13(9-5-11)25(17,22)23/h2-9,14,18H,1H3,(H2,17,22,23)/t14-/m1/s1.